The molecule has 3 rings (SSSR count). The minimum Gasteiger partial charge on any atom is -0.345 e. The van der Waals surface area contributed by atoms with Gasteiger partial charge in [-0.15, -0.1) is 0 Å². The van der Waals surface area contributed by atoms with E-state index >= 15 is 0 Å². The van der Waals surface area contributed by atoms with Crippen LogP contribution in [0.5, 0.6) is 0 Å². The molecule has 1 N–H and O–H groups in total. The number of fused-ring (bicyclic) bond motifs is 1. The largest absolute Gasteiger partial charge is 0.345 e. The van der Waals surface area contributed by atoms with Crippen molar-refractivity contribution in [3.05, 3.63) is 17.2 Å². The van der Waals surface area contributed by atoms with Gasteiger partial charge < -0.3 is 19.7 Å². The van der Waals surface area contributed by atoms with Crippen LogP contribution in [0, 0.1) is 0 Å². The van der Waals surface area contributed by atoms with Gasteiger partial charge in [0.15, 0.2) is 5.82 Å². The Kier molecular flexibility index (Phi) is 4.86. The first-order valence-electron chi connectivity index (χ1n) is 9.16. The van der Waals surface area contributed by atoms with Crippen LogP contribution >= 0.6 is 0 Å². The molecule has 2 amide bonds. The molecule has 1 aromatic rings. The van der Waals surface area contributed by atoms with Crippen LogP contribution in [0.25, 0.3) is 0 Å². The Balaban J connectivity index is 1.89. The van der Waals surface area contributed by atoms with Crippen LogP contribution < -0.4 is 5.32 Å². The van der Waals surface area contributed by atoms with Gasteiger partial charge in [0.05, 0.1) is 5.69 Å². The van der Waals surface area contributed by atoms with E-state index in [9.17, 15) is 9.59 Å². The Bertz CT molecular complexity index is 666. The Morgan fingerprint density at radius 3 is 2.36 bits per heavy atom. The molecule has 0 spiro atoms. The van der Waals surface area contributed by atoms with Gasteiger partial charge in [-0.25, -0.2) is 4.98 Å². The van der Waals surface area contributed by atoms with Gasteiger partial charge in [-0.3, -0.25) is 9.59 Å². The average molecular weight is 347 g/mol. The minimum absolute atomic E-state index is 0.0337. The third-order valence-corrected chi connectivity index (χ3v) is 4.80. The molecular formula is C18H29N5O2. The second-order valence-electron chi connectivity index (χ2n) is 8.14. The van der Waals surface area contributed by atoms with Crippen molar-refractivity contribution in [1.82, 2.24) is 24.7 Å². The van der Waals surface area contributed by atoms with Crippen molar-refractivity contribution in [2.45, 2.75) is 52.1 Å². The molecule has 0 saturated carbocycles. The molecule has 25 heavy (non-hydrogen) atoms. The molecule has 0 radical (unpaired) electrons. The van der Waals surface area contributed by atoms with Crippen LogP contribution in [-0.4, -0.2) is 69.9 Å². The van der Waals surface area contributed by atoms with Crippen molar-refractivity contribution in [2.75, 3.05) is 33.2 Å². The molecule has 1 fully saturated rings. The monoisotopic (exact) mass is 347 g/mol. The van der Waals surface area contributed by atoms with E-state index in [0.29, 0.717) is 24.6 Å². The van der Waals surface area contributed by atoms with Crippen molar-refractivity contribution in [2.24, 2.45) is 0 Å². The molecule has 0 unspecified atom stereocenters. The highest BCUT2D eigenvalue weighted by Crippen LogP contribution is 2.23. The molecule has 0 aromatic carbocycles. The van der Waals surface area contributed by atoms with E-state index < -0.39 is 0 Å². The zero-order valence-electron chi connectivity index (χ0n) is 15.8. The van der Waals surface area contributed by atoms with Crippen LogP contribution in [0.15, 0.2) is 0 Å². The number of amides is 2. The van der Waals surface area contributed by atoms with Crippen LogP contribution in [0.1, 0.15) is 60.4 Å². The van der Waals surface area contributed by atoms with Crippen molar-refractivity contribution >= 4 is 11.8 Å². The quantitative estimate of drug-likeness (QED) is 0.871. The highest BCUT2D eigenvalue weighted by Gasteiger charge is 2.31. The van der Waals surface area contributed by atoms with Crippen molar-refractivity contribution in [1.29, 1.82) is 0 Å². The first-order chi connectivity index (χ1) is 11.8. The summed E-state index contributed by atoms with van der Waals surface area (Å²) in [7, 11) is 2.06. The molecule has 0 atom stereocenters. The Morgan fingerprint density at radius 2 is 1.72 bits per heavy atom. The smallest absolute Gasteiger partial charge is 0.287 e. The molecule has 0 aliphatic carbocycles. The van der Waals surface area contributed by atoms with Crippen molar-refractivity contribution in [3.8, 4) is 0 Å². The van der Waals surface area contributed by atoms with E-state index in [1.807, 2.05) is 30.2 Å². The number of piperazine rings is 1. The molecule has 1 saturated heterocycles. The van der Waals surface area contributed by atoms with Gasteiger partial charge in [0, 0.05) is 38.3 Å². The predicted molar refractivity (Wildman–Crippen MR) is 95.8 cm³/mol. The summed E-state index contributed by atoms with van der Waals surface area (Å²) in [6.45, 7) is 9.77. The van der Waals surface area contributed by atoms with E-state index in [-0.39, 0.29) is 17.4 Å². The fourth-order valence-corrected chi connectivity index (χ4v) is 3.44. The molecule has 0 bridgehead atoms. The molecule has 2 aliphatic heterocycles. The number of hydrogen-bond acceptors (Lipinski definition) is 4. The van der Waals surface area contributed by atoms with Gasteiger partial charge >= 0.3 is 0 Å². The van der Waals surface area contributed by atoms with Crippen LogP contribution in [0.3, 0.4) is 0 Å². The first-order valence-corrected chi connectivity index (χ1v) is 9.16. The summed E-state index contributed by atoms with van der Waals surface area (Å²) in [5.74, 6) is 0.142. The summed E-state index contributed by atoms with van der Waals surface area (Å²) < 4.78 is 1.95. The fraction of sp³-hybridized carbons (Fsp3) is 0.722. The van der Waals surface area contributed by atoms with E-state index in [2.05, 4.69) is 22.2 Å². The summed E-state index contributed by atoms with van der Waals surface area (Å²) in [4.78, 5) is 34.3. The van der Waals surface area contributed by atoms with Gasteiger partial charge in [0.25, 0.3) is 11.8 Å². The number of hydrogen-bond donors (Lipinski definition) is 1. The molecule has 7 nitrogen and oxygen atoms in total. The molecular weight excluding hydrogens is 318 g/mol. The third-order valence-electron chi connectivity index (χ3n) is 4.80. The Labute approximate surface area is 149 Å². The van der Waals surface area contributed by atoms with Crippen LogP contribution in [-0.2, 0) is 13.0 Å². The zero-order valence-corrected chi connectivity index (χ0v) is 15.8. The maximum atomic E-state index is 13.0. The van der Waals surface area contributed by atoms with Gasteiger partial charge in [-0.1, -0.05) is 0 Å². The van der Waals surface area contributed by atoms with Crippen molar-refractivity contribution in [3.63, 3.8) is 0 Å². The number of carbonyl (C=O) groups is 2. The van der Waals surface area contributed by atoms with Crippen LogP contribution in [0.2, 0.25) is 0 Å². The minimum atomic E-state index is -0.334. The van der Waals surface area contributed by atoms with Crippen molar-refractivity contribution < 1.29 is 9.59 Å². The maximum absolute atomic E-state index is 13.0. The molecule has 138 valence electrons. The molecule has 2 aliphatic rings. The normalized spacial score (nSPS) is 18.8. The van der Waals surface area contributed by atoms with E-state index in [0.717, 1.165) is 44.6 Å². The lowest BCUT2D eigenvalue weighted by atomic mass is 10.1. The topological polar surface area (TPSA) is 70.5 Å². The molecule has 3 heterocycles. The molecule has 7 heteroatoms. The molecule has 1 aromatic heterocycles. The third kappa shape index (κ3) is 3.86. The summed E-state index contributed by atoms with van der Waals surface area (Å²) in [6, 6.07) is 0. The zero-order chi connectivity index (χ0) is 18.2. The van der Waals surface area contributed by atoms with Gasteiger partial charge in [-0.2, -0.15) is 0 Å². The van der Waals surface area contributed by atoms with Gasteiger partial charge in [-0.05, 0) is 47.1 Å². The standard InChI is InChI=1S/C18H29N5O2/c1-18(2,3)20-16(24)15-19-14(13-7-5-6-8-23(13)15)17(25)22-11-9-21(4)10-12-22/h5-12H2,1-4H3,(H,20,24). The van der Waals surface area contributed by atoms with Gasteiger partial charge in [0.1, 0.15) is 5.69 Å². The summed E-state index contributed by atoms with van der Waals surface area (Å²) in [6.07, 6.45) is 2.86. The second kappa shape index (κ2) is 6.78. The van der Waals surface area contributed by atoms with Crippen LogP contribution in [0.4, 0.5) is 0 Å². The lowest BCUT2D eigenvalue weighted by Gasteiger charge is -2.32. The maximum Gasteiger partial charge on any atom is 0.287 e. The number of rotatable bonds is 2. The number of likely N-dealkylation sites (N-methyl/N-ethyl adjacent to an activating group) is 1. The first kappa shape index (κ1) is 17.9. The van der Waals surface area contributed by atoms with E-state index in [1.54, 1.807) is 0 Å². The summed E-state index contributed by atoms with van der Waals surface area (Å²) in [5.41, 5.74) is 1.07. The fourth-order valence-electron chi connectivity index (χ4n) is 3.44. The lowest BCUT2D eigenvalue weighted by Crippen LogP contribution is -2.47. The second-order valence-corrected chi connectivity index (χ2v) is 8.14. The Hall–Kier alpha value is -1.89. The van der Waals surface area contributed by atoms with E-state index in [4.69, 9.17) is 0 Å². The summed E-state index contributed by atoms with van der Waals surface area (Å²) in [5, 5.41) is 2.97. The van der Waals surface area contributed by atoms with Gasteiger partial charge in [0.2, 0.25) is 0 Å². The lowest BCUT2D eigenvalue weighted by molar-refractivity contribution is 0.0657. The predicted octanol–water partition coefficient (Wildman–Crippen LogP) is 1.14. The average Bonchev–Trinajstić information content (AvgIpc) is 2.93. The number of aromatic nitrogens is 2. The highest BCUT2D eigenvalue weighted by atomic mass is 16.2. The Morgan fingerprint density at radius 1 is 1.04 bits per heavy atom. The number of imidazole rings is 1. The number of nitrogens with zero attached hydrogens (tertiary/aromatic N) is 4. The highest BCUT2D eigenvalue weighted by molar-refractivity contribution is 5.97. The SMILES string of the molecule is CN1CCN(C(=O)c2nc(C(=O)NC(C)(C)C)n3c2CCCC3)CC1. The number of nitrogens with one attached hydrogen (secondary N) is 1. The van der Waals surface area contributed by atoms with E-state index in [1.165, 1.54) is 0 Å². The number of carbonyl (C=O) groups excluding carboxylic acids is 2. The summed E-state index contributed by atoms with van der Waals surface area (Å²) >= 11 is 0.